The Morgan fingerprint density at radius 2 is 1.75 bits per heavy atom. The highest BCUT2D eigenvalue weighted by Crippen LogP contribution is 2.30. The van der Waals surface area contributed by atoms with Gasteiger partial charge in [-0.25, -0.2) is 0 Å². The number of rotatable bonds is 4. The van der Waals surface area contributed by atoms with Crippen LogP contribution in [0.25, 0.3) is 0 Å². The molecule has 0 saturated carbocycles. The molecule has 0 unspecified atom stereocenters. The van der Waals surface area contributed by atoms with Crippen LogP contribution in [0.3, 0.4) is 0 Å². The first-order valence-corrected chi connectivity index (χ1v) is 7.42. The van der Waals surface area contributed by atoms with Gasteiger partial charge in [0.2, 0.25) is 0 Å². The summed E-state index contributed by atoms with van der Waals surface area (Å²) in [6.07, 6.45) is 0.00179. The van der Waals surface area contributed by atoms with Crippen molar-refractivity contribution < 1.29 is 9.53 Å². The summed E-state index contributed by atoms with van der Waals surface area (Å²) in [4.78, 5) is 12.6. The van der Waals surface area contributed by atoms with Gasteiger partial charge >= 0.3 is 0 Å². The van der Waals surface area contributed by atoms with Crippen molar-refractivity contribution in [3.63, 3.8) is 0 Å². The predicted octanol–water partition coefficient (Wildman–Crippen LogP) is 5.12. The summed E-state index contributed by atoms with van der Waals surface area (Å²) in [5.41, 5.74) is 0.974. The maximum Gasteiger partial charge on any atom is 0.198 e. The van der Waals surface area contributed by atoms with Crippen LogP contribution in [0, 0.1) is 0 Å². The summed E-state index contributed by atoms with van der Waals surface area (Å²) in [6.45, 7) is 3.85. The molecule has 0 amide bonds. The SMILES string of the molecule is CC(C)Oc1ccccc1C(=O)c1cccc(Br)c1Cl. The van der Waals surface area contributed by atoms with Crippen LogP contribution in [0.1, 0.15) is 29.8 Å². The molecule has 0 aliphatic rings. The Morgan fingerprint density at radius 3 is 2.45 bits per heavy atom. The van der Waals surface area contributed by atoms with E-state index in [1.54, 1.807) is 30.3 Å². The molecule has 0 fully saturated rings. The van der Waals surface area contributed by atoms with Gasteiger partial charge in [0.25, 0.3) is 0 Å². The Balaban J connectivity index is 2.46. The molecule has 2 aromatic carbocycles. The third kappa shape index (κ3) is 3.22. The Kier molecular flexibility index (Phi) is 4.84. The second-order valence-corrected chi connectivity index (χ2v) is 5.83. The van der Waals surface area contributed by atoms with Crippen LogP contribution in [-0.2, 0) is 0 Å². The lowest BCUT2D eigenvalue weighted by Gasteiger charge is -2.14. The van der Waals surface area contributed by atoms with E-state index in [1.807, 2.05) is 26.0 Å². The monoisotopic (exact) mass is 352 g/mol. The van der Waals surface area contributed by atoms with Crippen molar-refractivity contribution >= 4 is 33.3 Å². The van der Waals surface area contributed by atoms with E-state index in [4.69, 9.17) is 16.3 Å². The number of hydrogen-bond donors (Lipinski definition) is 0. The lowest BCUT2D eigenvalue weighted by molar-refractivity contribution is 0.103. The quantitative estimate of drug-likeness (QED) is 0.713. The van der Waals surface area contributed by atoms with Crippen LogP contribution < -0.4 is 4.74 Å². The molecular weight excluding hydrogens is 340 g/mol. The molecule has 0 saturated heterocycles. The first kappa shape index (κ1) is 15.1. The highest BCUT2D eigenvalue weighted by molar-refractivity contribution is 9.10. The Bertz CT molecular complexity index is 638. The maximum atomic E-state index is 12.6. The van der Waals surface area contributed by atoms with Gasteiger partial charge in [0.05, 0.1) is 16.7 Å². The lowest BCUT2D eigenvalue weighted by Crippen LogP contribution is -2.11. The Morgan fingerprint density at radius 1 is 1.10 bits per heavy atom. The van der Waals surface area contributed by atoms with Crippen LogP contribution in [0.2, 0.25) is 5.02 Å². The Labute approximate surface area is 131 Å². The number of carbonyl (C=O) groups is 1. The van der Waals surface area contributed by atoms with Gasteiger partial charge in [-0.2, -0.15) is 0 Å². The molecule has 2 nitrogen and oxygen atoms in total. The summed E-state index contributed by atoms with van der Waals surface area (Å²) in [7, 11) is 0. The van der Waals surface area contributed by atoms with Gasteiger partial charge in [0.15, 0.2) is 5.78 Å². The van der Waals surface area contributed by atoms with Gasteiger partial charge in [-0.05, 0) is 54.0 Å². The molecule has 2 aromatic rings. The molecule has 2 rings (SSSR count). The average molecular weight is 354 g/mol. The van der Waals surface area contributed by atoms with Crippen molar-refractivity contribution in [3.8, 4) is 5.75 Å². The van der Waals surface area contributed by atoms with Gasteiger partial charge in [0.1, 0.15) is 5.75 Å². The van der Waals surface area contributed by atoms with E-state index in [9.17, 15) is 4.79 Å². The number of ketones is 1. The summed E-state index contributed by atoms with van der Waals surface area (Å²) in [5, 5.41) is 0.414. The van der Waals surface area contributed by atoms with E-state index >= 15 is 0 Å². The molecule has 104 valence electrons. The molecular formula is C16H14BrClO2. The summed E-state index contributed by atoms with van der Waals surface area (Å²) in [6, 6.07) is 12.5. The predicted molar refractivity (Wildman–Crippen MR) is 84.8 cm³/mol. The zero-order valence-electron chi connectivity index (χ0n) is 11.2. The van der Waals surface area contributed by atoms with Crippen molar-refractivity contribution in [3.05, 3.63) is 63.1 Å². The van der Waals surface area contributed by atoms with Crippen LogP contribution in [0.5, 0.6) is 5.75 Å². The largest absolute Gasteiger partial charge is 0.490 e. The minimum Gasteiger partial charge on any atom is -0.490 e. The van der Waals surface area contributed by atoms with Gasteiger partial charge in [-0.1, -0.05) is 29.8 Å². The van der Waals surface area contributed by atoms with Gasteiger partial charge in [-0.15, -0.1) is 0 Å². The second kappa shape index (κ2) is 6.42. The average Bonchev–Trinajstić information content (AvgIpc) is 2.41. The van der Waals surface area contributed by atoms with Crippen LogP contribution in [0.4, 0.5) is 0 Å². The fourth-order valence-electron chi connectivity index (χ4n) is 1.84. The summed E-state index contributed by atoms with van der Waals surface area (Å²) < 4.78 is 6.38. The lowest BCUT2D eigenvalue weighted by atomic mass is 10.0. The molecule has 0 bridgehead atoms. The molecule has 20 heavy (non-hydrogen) atoms. The standard InChI is InChI=1S/C16H14BrClO2/c1-10(2)20-14-9-4-3-6-11(14)16(19)12-7-5-8-13(17)15(12)18/h3-10H,1-2H3. The normalized spacial score (nSPS) is 10.7. The molecule has 0 aromatic heterocycles. The molecule has 0 heterocycles. The molecule has 0 N–H and O–H groups in total. The minimum atomic E-state index is -0.146. The number of halogens is 2. The molecule has 0 spiro atoms. The third-order valence-corrected chi connectivity index (χ3v) is 3.99. The van der Waals surface area contributed by atoms with E-state index in [1.165, 1.54) is 0 Å². The molecule has 0 aliphatic heterocycles. The number of para-hydroxylation sites is 1. The Hall–Kier alpha value is -1.32. The van der Waals surface area contributed by atoms with E-state index in [2.05, 4.69) is 15.9 Å². The van der Waals surface area contributed by atoms with Crippen molar-refractivity contribution in [2.24, 2.45) is 0 Å². The van der Waals surface area contributed by atoms with Crippen molar-refractivity contribution in [2.75, 3.05) is 0 Å². The van der Waals surface area contributed by atoms with E-state index in [0.717, 1.165) is 0 Å². The van der Waals surface area contributed by atoms with Crippen molar-refractivity contribution in [1.29, 1.82) is 0 Å². The first-order chi connectivity index (χ1) is 9.50. The number of hydrogen-bond acceptors (Lipinski definition) is 2. The van der Waals surface area contributed by atoms with Crippen LogP contribution in [0.15, 0.2) is 46.9 Å². The molecule has 0 atom stereocenters. The zero-order valence-corrected chi connectivity index (χ0v) is 13.5. The molecule has 0 radical (unpaired) electrons. The van der Waals surface area contributed by atoms with Crippen LogP contribution >= 0.6 is 27.5 Å². The number of benzene rings is 2. The summed E-state index contributed by atoms with van der Waals surface area (Å²) in [5.74, 6) is 0.427. The zero-order chi connectivity index (χ0) is 14.7. The number of ether oxygens (including phenoxy) is 1. The van der Waals surface area contributed by atoms with E-state index in [0.29, 0.717) is 26.4 Å². The van der Waals surface area contributed by atoms with Crippen molar-refractivity contribution in [2.45, 2.75) is 20.0 Å². The van der Waals surface area contributed by atoms with Gasteiger partial charge < -0.3 is 4.74 Å². The minimum absolute atomic E-state index is 0.00179. The molecule has 4 heteroatoms. The summed E-state index contributed by atoms with van der Waals surface area (Å²) >= 11 is 9.52. The van der Waals surface area contributed by atoms with Gasteiger partial charge in [-0.3, -0.25) is 4.79 Å². The van der Waals surface area contributed by atoms with Gasteiger partial charge in [0, 0.05) is 10.0 Å². The third-order valence-electron chi connectivity index (χ3n) is 2.69. The maximum absolute atomic E-state index is 12.6. The first-order valence-electron chi connectivity index (χ1n) is 6.25. The number of carbonyl (C=O) groups excluding carboxylic acids is 1. The van der Waals surface area contributed by atoms with Crippen molar-refractivity contribution in [1.82, 2.24) is 0 Å². The second-order valence-electron chi connectivity index (χ2n) is 4.59. The molecule has 0 aliphatic carbocycles. The van der Waals surface area contributed by atoms with Crippen LogP contribution in [-0.4, -0.2) is 11.9 Å². The fourth-order valence-corrected chi connectivity index (χ4v) is 2.41. The van der Waals surface area contributed by atoms with E-state index in [-0.39, 0.29) is 11.9 Å². The highest BCUT2D eigenvalue weighted by Gasteiger charge is 2.18. The smallest absolute Gasteiger partial charge is 0.198 e. The van der Waals surface area contributed by atoms with E-state index < -0.39 is 0 Å². The fraction of sp³-hybridized carbons (Fsp3) is 0.188. The highest BCUT2D eigenvalue weighted by atomic mass is 79.9. The topological polar surface area (TPSA) is 26.3 Å².